The lowest BCUT2D eigenvalue weighted by atomic mass is 10.2. The Morgan fingerprint density at radius 3 is 2.68 bits per heavy atom. The van der Waals surface area contributed by atoms with Gasteiger partial charge < -0.3 is 14.1 Å². The van der Waals surface area contributed by atoms with E-state index < -0.39 is 0 Å². The van der Waals surface area contributed by atoms with Gasteiger partial charge in [0.2, 0.25) is 0 Å². The van der Waals surface area contributed by atoms with Gasteiger partial charge in [0.25, 0.3) is 17.2 Å². The SMILES string of the molecule is CN(CCOc1ccc(/C=C2\SC(=O)NC2=O)cc1)c1nc2ccccc2o1. The zero-order chi connectivity index (χ0) is 19.5. The van der Waals surface area contributed by atoms with Gasteiger partial charge in [0.15, 0.2) is 5.58 Å². The molecule has 0 atom stereocenters. The molecule has 8 heteroatoms. The quantitative estimate of drug-likeness (QED) is 0.638. The molecule has 1 fully saturated rings. The lowest BCUT2D eigenvalue weighted by Gasteiger charge is -2.14. The fraction of sp³-hybridized carbons (Fsp3) is 0.150. The number of hydrogen-bond donors (Lipinski definition) is 1. The van der Waals surface area contributed by atoms with Crippen LogP contribution < -0.4 is 15.0 Å². The average molecular weight is 395 g/mol. The van der Waals surface area contributed by atoms with E-state index in [-0.39, 0.29) is 11.1 Å². The fourth-order valence-corrected chi connectivity index (χ4v) is 3.33. The maximum Gasteiger partial charge on any atom is 0.298 e. The molecule has 0 spiro atoms. The molecule has 0 radical (unpaired) electrons. The summed E-state index contributed by atoms with van der Waals surface area (Å²) in [5.74, 6) is 0.352. The first-order chi connectivity index (χ1) is 13.6. The highest BCUT2D eigenvalue weighted by Gasteiger charge is 2.24. The molecule has 28 heavy (non-hydrogen) atoms. The van der Waals surface area contributed by atoms with Crippen molar-refractivity contribution in [3.8, 4) is 5.75 Å². The smallest absolute Gasteiger partial charge is 0.298 e. The van der Waals surface area contributed by atoms with E-state index >= 15 is 0 Å². The van der Waals surface area contributed by atoms with Crippen molar-refractivity contribution in [2.45, 2.75) is 0 Å². The third kappa shape index (κ3) is 4.01. The number of imide groups is 1. The Labute approximate surface area is 165 Å². The summed E-state index contributed by atoms with van der Waals surface area (Å²) in [6, 6.07) is 15.5. The average Bonchev–Trinajstić information content (AvgIpc) is 3.26. The van der Waals surface area contributed by atoms with Gasteiger partial charge >= 0.3 is 0 Å². The monoisotopic (exact) mass is 395 g/mol. The second-order valence-corrected chi connectivity index (χ2v) is 7.17. The van der Waals surface area contributed by atoms with Crippen LogP contribution in [0.5, 0.6) is 5.75 Å². The van der Waals surface area contributed by atoms with E-state index in [0.717, 1.165) is 28.4 Å². The summed E-state index contributed by atoms with van der Waals surface area (Å²) in [5.41, 5.74) is 2.40. The molecule has 0 aliphatic carbocycles. The second-order valence-electron chi connectivity index (χ2n) is 6.16. The fourth-order valence-electron chi connectivity index (χ4n) is 2.65. The third-order valence-corrected chi connectivity index (χ3v) is 4.94. The molecule has 7 nitrogen and oxygen atoms in total. The van der Waals surface area contributed by atoms with Crippen LogP contribution in [0.1, 0.15) is 5.56 Å². The molecule has 2 aromatic carbocycles. The van der Waals surface area contributed by atoms with Crippen LogP contribution in [0.25, 0.3) is 17.2 Å². The summed E-state index contributed by atoms with van der Waals surface area (Å²) in [5, 5.41) is 1.89. The highest BCUT2D eigenvalue weighted by Crippen LogP contribution is 2.26. The van der Waals surface area contributed by atoms with Crippen molar-refractivity contribution in [3.05, 3.63) is 59.0 Å². The standard InChI is InChI=1S/C20H17N3O4S/c1-23(19-21-15-4-2-3-5-16(15)27-19)10-11-26-14-8-6-13(7-9-14)12-17-18(24)22-20(25)28-17/h2-9,12H,10-11H2,1H3,(H,22,24,25)/b17-12-. The molecule has 0 saturated carbocycles. The number of thioether (sulfide) groups is 1. The van der Waals surface area contributed by atoms with Gasteiger partial charge in [-0.1, -0.05) is 24.3 Å². The van der Waals surface area contributed by atoms with Crippen molar-refractivity contribution in [1.82, 2.24) is 10.3 Å². The lowest BCUT2D eigenvalue weighted by molar-refractivity contribution is -0.115. The van der Waals surface area contributed by atoms with E-state index in [2.05, 4.69) is 10.3 Å². The summed E-state index contributed by atoms with van der Waals surface area (Å²) in [7, 11) is 1.90. The van der Waals surface area contributed by atoms with Crippen LogP contribution in [0.4, 0.5) is 10.8 Å². The third-order valence-electron chi connectivity index (χ3n) is 4.12. The molecular formula is C20H17N3O4S. The molecule has 0 unspecified atom stereocenters. The van der Waals surface area contributed by atoms with Gasteiger partial charge in [0.05, 0.1) is 11.4 Å². The predicted octanol–water partition coefficient (Wildman–Crippen LogP) is 3.67. The van der Waals surface area contributed by atoms with Gasteiger partial charge in [-0.2, -0.15) is 4.98 Å². The first-order valence-corrected chi connectivity index (χ1v) is 9.44. The Balaban J connectivity index is 1.32. The van der Waals surface area contributed by atoms with Crippen LogP contribution in [0.15, 0.2) is 57.9 Å². The number of oxazole rings is 1. The molecule has 1 aromatic heterocycles. The van der Waals surface area contributed by atoms with Crippen molar-refractivity contribution in [3.63, 3.8) is 0 Å². The van der Waals surface area contributed by atoms with Crippen LogP contribution >= 0.6 is 11.8 Å². The van der Waals surface area contributed by atoms with E-state index in [0.29, 0.717) is 29.8 Å². The summed E-state index contributed by atoms with van der Waals surface area (Å²) in [6.07, 6.45) is 1.68. The van der Waals surface area contributed by atoms with Crippen LogP contribution in [0, 0.1) is 0 Å². The van der Waals surface area contributed by atoms with Gasteiger partial charge in [0, 0.05) is 7.05 Å². The van der Waals surface area contributed by atoms with Crippen molar-refractivity contribution in [1.29, 1.82) is 0 Å². The normalized spacial score (nSPS) is 15.2. The van der Waals surface area contributed by atoms with Gasteiger partial charge in [-0.3, -0.25) is 14.9 Å². The van der Waals surface area contributed by atoms with Crippen molar-refractivity contribution in [2.24, 2.45) is 0 Å². The number of fused-ring (bicyclic) bond motifs is 1. The Kier molecular flexibility index (Phi) is 5.03. The second kappa shape index (κ2) is 7.77. The van der Waals surface area contributed by atoms with Gasteiger partial charge in [0.1, 0.15) is 17.9 Å². The molecule has 1 saturated heterocycles. The van der Waals surface area contributed by atoms with Crippen LogP contribution in [0.2, 0.25) is 0 Å². The van der Waals surface area contributed by atoms with E-state index in [1.54, 1.807) is 6.08 Å². The van der Waals surface area contributed by atoms with E-state index in [1.165, 1.54) is 0 Å². The zero-order valence-corrected chi connectivity index (χ0v) is 15.9. The number of benzene rings is 2. The van der Waals surface area contributed by atoms with Crippen LogP contribution in [-0.2, 0) is 4.79 Å². The minimum Gasteiger partial charge on any atom is -0.492 e. The number of para-hydroxylation sites is 2. The van der Waals surface area contributed by atoms with Crippen molar-refractivity contribution in [2.75, 3.05) is 25.1 Å². The number of anilines is 1. The molecule has 4 rings (SSSR count). The maximum absolute atomic E-state index is 11.6. The highest BCUT2D eigenvalue weighted by atomic mass is 32.2. The van der Waals surface area contributed by atoms with Crippen molar-refractivity contribution < 1.29 is 18.7 Å². The predicted molar refractivity (Wildman–Crippen MR) is 108 cm³/mol. The summed E-state index contributed by atoms with van der Waals surface area (Å²) < 4.78 is 11.5. The number of nitrogens with zero attached hydrogens (tertiary/aromatic N) is 2. The number of nitrogens with one attached hydrogen (secondary N) is 1. The number of carbonyl (C=O) groups excluding carboxylic acids is 2. The molecule has 1 N–H and O–H groups in total. The number of rotatable bonds is 6. The van der Waals surface area contributed by atoms with E-state index in [1.807, 2.05) is 60.5 Å². The number of ether oxygens (including phenoxy) is 1. The molecular weight excluding hydrogens is 378 g/mol. The molecule has 2 heterocycles. The molecule has 142 valence electrons. The number of aromatic nitrogens is 1. The number of carbonyl (C=O) groups is 2. The molecule has 1 aliphatic rings. The summed E-state index contributed by atoms with van der Waals surface area (Å²) >= 11 is 0.899. The molecule has 2 amide bonds. The maximum atomic E-state index is 11.6. The number of amides is 2. The Morgan fingerprint density at radius 1 is 1.18 bits per heavy atom. The topological polar surface area (TPSA) is 84.7 Å². The van der Waals surface area contributed by atoms with E-state index in [9.17, 15) is 9.59 Å². The van der Waals surface area contributed by atoms with Gasteiger partial charge in [-0.05, 0) is 47.7 Å². The van der Waals surface area contributed by atoms with Crippen molar-refractivity contribution >= 4 is 46.1 Å². The first-order valence-electron chi connectivity index (χ1n) is 8.63. The lowest BCUT2D eigenvalue weighted by Crippen LogP contribution is -2.23. The minimum absolute atomic E-state index is 0.348. The largest absolute Gasteiger partial charge is 0.492 e. The Hall–Kier alpha value is -3.26. The molecule has 1 aliphatic heterocycles. The Morgan fingerprint density at radius 2 is 1.96 bits per heavy atom. The number of hydrogen-bond acceptors (Lipinski definition) is 7. The summed E-state index contributed by atoms with van der Waals surface area (Å²) in [6.45, 7) is 1.07. The summed E-state index contributed by atoms with van der Waals surface area (Å²) in [4.78, 5) is 29.5. The van der Waals surface area contributed by atoms with E-state index in [4.69, 9.17) is 9.15 Å². The van der Waals surface area contributed by atoms with Crippen LogP contribution in [-0.4, -0.2) is 36.3 Å². The van der Waals surface area contributed by atoms with Crippen LogP contribution in [0.3, 0.4) is 0 Å². The molecule has 0 bridgehead atoms. The van der Waals surface area contributed by atoms with Gasteiger partial charge in [-0.25, -0.2) is 0 Å². The highest BCUT2D eigenvalue weighted by molar-refractivity contribution is 8.18. The number of likely N-dealkylation sites (N-methyl/N-ethyl adjacent to an activating group) is 1. The first kappa shape index (κ1) is 18.1. The van der Waals surface area contributed by atoms with Gasteiger partial charge in [-0.15, -0.1) is 0 Å². The zero-order valence-electron chi connectivity index (χ0n) is 15.0. The minimum atomic E-state index is -0.363. The molecule has 3 aromatic rings. The Bertz CT molecular complexity index is 1030.